The number of carbonyl (C=O) groups excluding carboxylic acids is 1. The van der Waals surface area contributed by atoms with Crippen LogP contribution in [-0.2, 0) is 9.53 Å². The van der Waals surface area contributed by atoms with Crippen molar-refractivity contribution in [3.63, 3.8) is 0 Å². The van der Waals surface area contributed by atoms with E-state index >= 15 is 0 Å². The second kappa shape index (κ2) is 7.82. The molecule has 0 saturated heterocycles. The highest BCUT2D eigenvalue weighted by Crippen LogP contribution is 2.35. The summed E-state index contributed by atoms with van der Waals surface area (Å²) in [5.41, 5.74) is -0.0653. The lowest BCUT2D eigenvalue weighted by atomic mass is 9.78. The number of benzene rings is 1. The minimum Gasteiger partial charge on any atom is -0.623 e. The Balaban J connectivity index is 2.11. The number of nitrogens with zero attached hydrogens (tertiary/aromatic N) is 1. The summed E-state index contributed by atoms with van der Waals surface area (Å²) in [4.78, 5) is 12.1. The van der Waals surface area contributed by atoms with Crippen molar-refractivity contribution in [3.05, 3.63) is 41.1 Å². The zero-order valence-electron chi connectivity index (χ0n) is 15.1. The van der Waals surface area contributed by atoms with E-state index in [9.17, 15) is 10.0 Å². The summed E-state index contributed by atoms with van der Waals surface area (Å²) in [6.07, 6.45) is 7.41. The molecule has 0 amide bonds. The van der Waals surface area contributed by atoms with Crippen LogP contribution < -0.4 is 0 Å². The minimum atomic E-state index is -0.482. The summed E-state index contributed by atoms with van der Waals surface area (Å²) < 4.78 is 6.51. The summed E-state index contributed by atoms with van der Waals surface area (Å²) in [5, 5.41) is 12.9. The van der Waals surface area contributed by atoms with Crippen LogP contribution in [0.4, 0.5) is 0 Å². The van der Waals surface area contributed by atoms with Crippen LogP contribution in [0.5, 0.6) is 0 Å². The Morgan fingerprint density at radius 3 is 2.42 bits per heavy atom. The number of hydrogen-bond acceptors (Lipinski definition) is 3. The Labute approximate surface area is 145 Å². The van der Waals surface area contributed by atoms with E-state index in [0.29, 0.717) is 12.8 Å². The van der Waals surface area contributed by atoms with Crippen LogP contribution in [0.25, 0.3) is 0 Å². The molecule has 1 aromatic carbocycles. The van der Waals surface area contributed by atoms with Gasteiger partial charge in [0, 0.05) is 24.8 Å². The SMILES string of the molecule is CC(C)(C)OC(=O)CCC1(/[N+]([O-])=C/c2ccccc2)CCCCC1. The molecule has 0 atom stereocenters. The van der Waals surface area contributed by atoms with E-state index in [4.69, 9.17) is 4.74 Å². The summed E-state index contributed by atoms with van der Waals surface area (Å²) in [6, 6.07) is 9.64. The van der Waals surface area contributed by atoms with E-state index in [1.54, 1.807) is 6.21 Å². The van der Waals surface area contributed by atoms with Crippen LogP contribution in [-0.4, -0.2) is 28.1 Å². The third kappa shape index (κ3) is 5.36. The molecule has 1 aromatic rings. The predicted molar refractivity (Wildman–Crippen MR) is 96.1 cm³/mol. The van der Waals surface area contributed by atoms with Gasteiger partial charge in [0.05, 0.1) is 6.42 Å². The molecule has 0 radical (unpaired) electrons. The van der Waals surface area contributed by atoms with Crippen molar-refractivity contribution in [2.24, 2.45) is 0 Å². The smallest absolute Gasteiger partial charge is 0.306 e. The zero-order valence-corrected chi connectivity index (χ0v) is 15.1. The number of esters is 1. The Hall–Kier alpha value is -1.84. The van der Waals surface area contributed by atoms with Crippen LogP contribution in [0, 0.1) is 5.21 Å². The van der Waals surface area contributed by atoms with Crippen molar-refractivity contribution in [3.8, 4) is 0 Å². The fourth-order valence-electron chi connectivity index (χ4n) is 3.33. The first-order valence-electron chi connectivity index (χ1n) is 8.89. The van der Waals surface area contributed by atoms with Gasteiger partial charge in [-0.3, -0.25) is 4.79 Å². The van der Waals surface area contributed by atoms with Gasteiger partial charge in [0.25, 0.3) is 0 Å². The van der Waals surface area contributed by atoms with Crippen molar-refractivity contribution in [1.29, 1.82) is 0 Å². The molecule has 0 spiro atoms. The lowest BCUT2D eigenvalue weighted by Crippen LogP contribution is -2.42. The molecule has 1 aliphatic rings. The minimum absolute atomic E-state index is 0.222. The Morgan fingerprint density at radius 1 is 1.21 bits per heavy atom. The van der Waals surface area contributed by atoms with E-state index in [-0.39, 0.29) is 5.97 Å². The lowest BCUT2D eigenvalue weighted by molar-refractivity contribution is -0.552. The predicted octanol–water partition coefficient (Wildman–Crippen LogP) is 4.44. The molecule has 0 N–H and O–H groups in total. The summed E-state index contributed by atoms with van der Waals surface area (Å²) in [5.74, 6) is -0.222. The van der Waals surface area contributed by atoms with Gasteiger partial charge in [-0.2, -0.15) is 0 Å². The highest BCUT2D eigenvalue weighted by Gasteiger charge is 2.40. The van der Waals surface area contributed by atoms with E-state index in [2.05, 4.69) is 0 Å². The molecule has 0 aromatic heterocycles. The van der Waals surface area contributed by atoms with Crippen molar-refractivity contribution in [2.45, 2.75) is 76.9 Å². The monoisotopic (exact) mass is 331 g/mol. The molecule has 1 saturated carbocycles. The van der Waals surface area contributed by atoms with Gasteiger partial charge in [0.2, 0.25) is 0 Å². The van der Waals surface area contributed by atoms with Crippen molar-refractivity contribution in [1.82, 2.24) is 0 Å². The average molecular weight is 331 g/mol. The number of hydroxylamine groups is 1. The third-order valence-corrected chi connectivity index (χ3v) is 4.53. The summed E-state index contributed by atoms with van der Waals surface area (Å²) in [7, 11) is 0. The van der Waals surface area contributed by atoms with Crippen LogP contribution in [0.2, 0.25) is 0 Å². The highest BCUT2D eigenvalue weighted by atomic mass is 16.6. The Kier molecular flexibility index (Phi) is 6.03. The molecule has 0 heterocycles. The zero-order chi connectivity index (χ0) is 17.6. The van der Waals surface area contributed by atoms with Gasteiger partial charge in [-0.15, -0.1) is 0 Å². The van der Waals surface area contributed by atoms with Gasteiger partial charge in [0.1, 0.15) is 5.60 Å². The molecule has 0 bridgehead atoms. The van der Waals surface area contributed by atoms with Crippen LogP contribution in [0.15, 0.2) is 30.3 Å². The van der Waals surface area contributed by atoms with Gasteiger partial charge in [-0.05, 0) is 45.7 Å². The lowest BCUT2D eigenvalue weighted by Gasteiger charge is -2.35. The Bertz CT molecular complexity index is 566. The maximum absolute atomic E-state index is 12.9. The normalized spacial score (nSPS) is 18.2. The molecule has 1 aliphatic carbocycles. The van der Waals surface area contributed by atoms with Crippen molar-refractivity contribution >= 4 is 12.2 Å². The van der Waals surface area contributed by atoms with Gasteiger partial charge in [-0.25, -0.2) is 4.74 Å². The molecular weight excluding hydrogens is 302 g/mol. The fourth-order valence-corrected chi connectivity index (χ4v) is 3.33. The molecule has 0 unspecified atom stereocenters. The van der Waals surface area contributed by atoms with Crippen molar-refractivity contribution in [2.75, 3.05) is 0 Å². The van der Waals surface area contributed by atoms with E-state index < -0.39 is 11.1 Å². The summed E-state index contributed by atoms with van der Waals surface area (Å²) >= 11 is 0. The highest BCUT2D eigenvalue weighted by molar-refractivity contribution is 5.75. The maximum atomic E-state index is 12.9. The molecule has 1 fully saturated rings. The first kappa shape index (κ1) is 18.5. The molecule has 4 heteroatoms. The summed E-state index contributed by atoms with van der Waals surface area (Å²) in [6.45, 7) is 5.60. The van der Waals surface area contributed by atoms with Gasteiger partial charge >= 0.3 is 5.97 Å². The third-order valence-electron chi connectivity index (χ3n) is 4.53. The number of ether oxygens (including phenoxy) is 1. The molecule has 0 aliphatic heterocycles. The van der Waals surface area contributed by atoms with Gasteiger partial charge in [-0.1, -0.05) is 24.6 Å². The largest absolute Gasteiger partial charge is 0.623 e. The molecule has 24 heavy (non-hydrogen) atoms. The molecular formula is C20H29NO3. The number of carbonyl (C=O) groups is 1. The second-order valence-corrected chi connectivity index (χ2v) is 7.74. The average Bonchev–Trinajstić information content (AvgIpc) is 2.53. The fraction of sp³-hybridized carbons (Fsp3) is 0.600. The first-order chi connectivity index (χ1) is 11.3. The van der Waals surface area contributed by atoms with E-state index in [0.717, 1.165) is 42.4 Å². The van der Waals surface area contributed by atoms with E-state index in [1.165, 1.54) is 0 Å². The van der Waals surface area contributed by atoms with Crippen LogP contribution in [0.3, 0.4) is 0 Å². The van der Waals surface area contributed by atoms with E-state index in [1.807, 2.05) is 51.1 Å². The Morgan fingerprint density at radius 2 is 1.83 bits per heavy atom. The van der Waals surface area contributed by atoms with Gasteiger partial charge in [0.15, 0.2) is 11.8 Å². The van der Waals surface area contributed by atoms with Gasteiger partial charge < -0.3 is 9.94 Å². The van der Waals surface area contributed by atoms with Crippen LogP contribution in [0.1, 0.15) is 71.3 Å². The number of hydrogen-bond donors (Lipinski definition) is 0. The van der Waals surface area contributed by atoms with Crippen molar-refractivity contribution < 1.29 is 14.3 Å². The standard InChI is InChI=1S/C20H29NO3/c1-19(2,3)24-18(22)12-15-20(13-8-5-9-14-20)21(23)16-17-10-6-4-7-11-17/h4,6-7,10-11,16H,5,8-9,12-15H2,1-3H3/b21-16-. The second-order valence-electron chi connectivity index (χ2n) is 7.74. The molecule has 4 nitrogen and oxygen atoms in total. The topological polar surface area (TPSA) is 52.4 Å². The first-order valence-corrected chi connectivity index (χ1v) is 8.89. The van der Waals surface area contributed by atoms with Crippen LogP contribution >= 0.6 is 0 Å². The quantitative estimate of drug-likeness (QED) is 0.263. The molecule has 2 rings (SSSR count). The molecule has 132 valence electrons. The maximum Gasteiger partial charge on any atom is 0.306 e. The number of rotatable bonds is 5.